The number of methoxy groups -OCH3 is 1. The predicted octanol–water partition coefficient (Wildman–Crippen LogP) is 1.69. The van der Waals surface area contributed by atoms with Crippen LogP contribution in [0.4, 0.5) is 4.39 Å². The van der Waals surface area contributed by atoms with Gasteiger partial charge in [-0.25, -0.2) is 0 Å². The van der Waals surface area contributed by atoms with Gasteiger partial charge in [0, 0.05) is 0 Å². The van der Waals surface area contributed by atoms with Crippen molar-refractivity contribution in [2.24, 2.45) is 0 Å². The Labute approximate surface area is 68.9 Å². The highest BCUT2D eigenvalue weighted by atomic mass is 19.1. The van der Waals surface area contributed by atoms with Gasteiger partial charge >= 0.3 is 0 Å². The van der Waals surface area contributed by atoms with Crippen LogP contribution in [0.25, 0.3) is 0 Å². The molecule has 0 aliphatic heterocycles. The molecule has 0 aromatic heterocycles. The van der Waals surface area contributed by atoms with Gasteiger partial charge in [0.25, 0.3) is 6.26 Å². The molecule has 0 unspecified atom stereocenters. The lowest BCUT2D eigenvalue weighted by Crippen LogP contribution is -1.91. The van der Waals surface area contributed by atoms with Crippen LogP contribution in [0.2, 0.25) is 0 Å². The average molecular weight is 167 g/mol. The first-order valence-corrected chi connectivity index (χ1v) is 3.18. The van der Waals surface area contributed by atoms with Gasteiger partial charge in [-0.05, 0) is 12.1 Å². The van der Waals surface area contributed by atoms with E-state index in [1.54, 1.807) is 0 Å². The molecule has 1 rings (SSSR count). The number of benzene rings is 1. The molecule has 1 aromatic carbocycles. The predicted molar refractivity (Wildman–Crippen MR) is 39.2 cm³/mol. The van der Waals surface area contributed by atoms with E-state index in [0.717, 1.165) is 0 Å². The summed E-state index contributed by atoms with van der Waals surface area (Å²) in [5.74, 6) is -0.735. The third kappa shape index (κ3) is 1.45. The molecule has 0 saturated heterocycles. The van der Waals surface area contributed by atoms with Crippen molar-refractivity contribution in [3.63, 3.8) is 0 Å². The molecule has 0 saturated carbocycles. The molecule has 0 spiro atoms. The summed E-state index contributed by atoms with van der Waals surface area (Å²) in [5, 5.41) is 8.13. The molecule has 0 amide bonds. The van der Waals surface area contributed by atoms with E-state index in [9.17, 15) is 4.39 Å². The molecule has 0 atom stereocenters. The molecule has 12 heavy (non-hydrogen) atoms. The smallest absolute Gasteiger partial charge is 0.292 e. The van der Waals surface area contributed by atoms with Crippen molar-refractivity contribution in [3.05, 3.63) is 24.0 Å². The lowest BCUT2D eigenvalue weighted by atomic mass is 10.3. The fraction of sp³-hybridized carbons (Fsp3) is 0.125. The van der Waals surface area contributed by atoms with Crippen molar-refractivity contribution < 1.29 is 13.9 Å². The van der Waals surface area contributed by atoms with Crippen molar-refractivity contribution >= 4 is 0 Å². The number of nitriles is 1. The minimum absolute atomic E-state index is 0.0581. The van der Waals surface area contributed by atoms with Gasteiger partial charge in [0.05, 0.1) is 7.11 Å². The van der Waals surface area contributed by atoms with Crippen LogP contribution in [0.15, 0.2) is 18.2 Å². The van der Waals surface area contributed by atoms with E-state index in [1.165, 1.54) is 31.6 Å². The van der Waals surface area contributed by atoms with Crippen molar-refractivity contribution in [2.75, 3.05) is 7.11 Å². The maximum Gasteiger partial charge on any atom is 0.292 e. The summed E-state index contributed by atoms with van der Waals surface area (Å²) in [6.07, 6.45) is 1.38. The van der Waals surface area contributed by atoms with Crippen molar-refractivity contribution in [3.8, 4) is 17.8 Å². The first-order valence-electron chi connectivity index (χ1n) is 3.18. The van der Waals surface area contributed by atoms with Crippen LogP contribution >= 0.6 is 0 Å². The second-order valence-corrected chi connectivity index (χ2v) is 1.97. The Morgan fingerprint density at radius 1 is 1.42 bits per heavy atom. The topological polar surface area (TPSA) is 42.2 Å². The summed E-state index contributed by atoms with van der Waals surface area (Å²) >= 11 is 0. The van der Waals surface area contributed by atoms with Crippen LogP contribution in [0.3, 0.4) is 0 Å². The summed E-state index contributed by atoms with van der Waals surface area (Å²) in [5.41, 5.74) is 0. The van der Waals surface area contributed by atoms with Gasteiger partial charge in [0.2, 0.25) is 5.82 Å². The molecule has 0 radical (unpaired) electrons. The molecule has 0 N–H and O–H groups in total. The highest BCUT2D eigenvalue weighted by molar-refractivity contribution is 5.35. The van der Waals surface area contributed by atoms with Crippen LogP contribution in [0.5, 0.6) is 11.5 Å². The maximum atomic E-state index is 13.1. The normalized spacial score (nSPS) is 8.75. The minimum atomic E-state index is -0.665. The Morgan fingerprint density at radius 2 is 2.08 bits per heavy atom. The van der Waals surface area contributed by atoms with Crippen LogP contribution in [-0.4, -0.2) is 7.11 Å². The van der Waals surface area contributed by atoms with Crippen molar-refractivity contribution in [2.45, 2.75) is 0 Å². The molecule has 1 aromatic rings. The van der Waals surface area contributed by atoms with Gasteiger partial charge in [0.15, 0.2) is 11.5 Å². The first kappa shape index (κ1) is 8.34. The van der Waals surface area contributed by atoms with E-state index in [0.29, 0.717) is 0 Å². The average Bonchev–Trinajstić information content (AvgIpc) is 2.09. The Bertz CT molecular complexity index is 319. The summed E-state index contributed by atoms with van der Waals surface area (Å²) in [7, 11) is 1.34. The van der Waals surface area contributed by atoms with Gasteiger partial charge in [-0.15, -0.1) is 5.26 Å². The zero-order valence-corrected chi connectivity index (χ0v) is 6.37. The minimum Gasteiger partial charge on any atom is -0.494 e. The van der Waals surface area contributed by atoms with E-state index < -0.39 is 5.82 Å². The standard InChI is InChI=1S/C8H6FNO2/c1-11-6-3-2-4-7(8(6)9)12-5-10/h2-4H,1H3. The molecule has 0 aliphatic carbocycles. The monoisotopic (exact) mass is 167 g/mol. The molecular weight excluding hydrogens is 161 g/mol. The number of halogens is 1. The SMILES string of the molecule is COc1cccc(OC#N)c1F. The number of ether oxygens (including phenoxy) is 2. The molecule has 4 heteroatoms. The van der Waals surface area contributed by atoms with Crippen molar-refractivity contribution in [1.82, 2.24) is 0 Å². The fourth-order valence-corrected chi connectivity index (χ4v) is 0.776. The molecule has 3 nitrogen and oxygen atoms in total. The molecule has 0 heterocycles. The quantitative estimate of drug-likeness (QED) is 0.629. The second-order valence-electron chi connectivity index (χ2n) is 1.97. The fourth-order valence-electron chi connectivity index (χ4n) is 0.776. The van der Waals surface area contributed by atoms with Gasteiger partial charge in [-0.3, -0.25) is 0 Å². The third-order valence-electron chi connectivity index (χ3n) is 1.30. The lowest BCUT2D eigenvalue weighted by Gasteiger charge is -2.02. The Morgan fingerprint density at radius 3 is 2.67 bits per heavy atom. The summed E-state index contributed by atoms with van der Waals surface area (Å²) < 4.78 is 22.1. The molecule has 0 fully saturated rings. The second kappa shape index (κ2) is 3.58. The van der Waals surface area contributed by atoms with E-state index >= 15 is 0 Å². The van der Waals surface area contributed by atoms with Crippen LogP contribution < -0.4 is 9.47 Å². The van der Waals surface area contributed by atoms with Gasteiger partial charge < -0.3 is 9.47 Å². The van der Waals surface area contributed by atoms with Gasteiger partial charge in [-0.2, -0.15) is 4.39 Å². The molecule has 0 bridgehead atoms. The Kier molecular flexibility index (Phi) is 2.49. The zero-order chi connectivity index (χ0) is 8.97. The summed E-state index contributed by atoms with van der Waals surface area (Å²) in [6.45, 7) is 0. The maximum absolute atomic E-state index is 13.1. The molecular formula is C8H6FNO2. The number of hydrogen-bond acceptors (Lipinski definition) is 3. The van der Waals surface area contributed by atoms with Gasteiger partial charge in [0.1, 0.15) is 0 Å². The van der Waals surface area contributed by atoms with Gasteiger partial charge in [-0.1, -0.05) is 6.07 Å². The molecule has 62 valence electrons. The number of nitrogens with zero attached hydrogens (tertiary/aromatic N) is 1. The van der Waals surface area contributed by atoms with E-state index in [-0.39, 0.29) is 11.5 Å². The van der Waals surface area contributed by atoms with Crippen LogP contribution in [0.1, 0.15) is 0 Å². The zero-order valence-electron chi connectivity index (χ0n) is 6.37. The number of rotatable bonds is 2. The first-order chi connectivity index (χ1) is 5.79. The van der Waals surface area contributed by atoms with Crippen LogP contribution in [-0.2, 0) is 0 Å². The summed E-state index contributed by atoms with van der Waals surface area (Å²) in [6, 6.07) is 4.33. The summed E-state index contributed by atoms with van der Waals surface area (Å²) in [4.78, 5) is 0. The van der Waals surface area contributed by atoms with E-state index in [4.69, 9.17) is 5.26 Å². The Hall–Kier alpha value is -1.76. The largest absolute Gasteiger partial charge is 0.494 e. The molecule has 0 aliphatic rings. The van der Waals surface area contributed by atoms with E-state index in [2.05, 4.69) is 9.47 Å². The lowest BCUT2D eigenvalue weighted by molar-refractivity contribution is 0.371. The Balaban J connectivity index is 3.07. The van der Waals surface area contributed by atoms with E-state index in [1.807, 2.05) is 0 Å². The number of hydrogen-bond donors (Lipinski definition) is 0. The van der Waals surface area contributed by atoms with Crippen molar-refractivity contribution in [1.29, 1.82) is 5.26 Å². The highest BCUT2D eigenvalue weighted by Gasteiger charge is 2.08. The third-order valence-corrected chi connectivity index (χ3v) is 1.30. The van der Waals surface area contributed by atoms with Crippen LogP contribution in [0, 0.1) is 17.3 Å². The highest BCUT2D eigenvalue weighted by Crippen LogP contribution is 2.25.